The number of guanidine groups is 1. The summed E-state index contributed by atoms with van der Waals surface area (Å²) in [6.07, 6.45) is 1.12. The summed E-state index contributed by atoms with van der Waals surface area (Å²) in [5.41, 5.74) is 9.05. The van der Waals surface area contributed by atoms with Gasteiger partial charge in [0.2, 0.25) is 0 Å². The van der Waals surface area contributed by atoms with E-state index in [4.69, 9.17) is 15.2 Å². The molecule has 0 amide bonds. The molecule has 2 aromatic rings. The molecule has 3 rings (SSSR count). The lowest BCUT2D eigenvalue weighted by molar-refractivity contribution is 0.254. The van der Waals surface area contributed by atoms with Crippen LogP contribution < -0.4 is 20.5 Å². The Balaban J connectivity index is 0.00000225. The van der Waals surface area contributed by atoms with Crippen LogP contribution in [0.4, 0.5) is 5.69 Å². The summed E-state index contributed by atoms with van der Waals surface area (Å²) in [6.45, 7) is 5.10. The van der Waals surface area contributed by atoms with Crippen molar-refractivity contribution in [2.24, 2.45) is 10.7 Å². The van der Waals surface area contributed by atoms with Crippen LogP contribution in [0.15, 0.2) is 47.5 Å². The predicted molar refractivity (Wildman–Crippen MR) is 112 cm³/mol. The summed E-state index contributed by atoms with van der Waals surface area (Å²) in [4.78, 5) is 4.42. The van der Waals surface area contributed by atoms with E-state index in [1.165, 1.54) is 5.56 Å². The van der Waals surface area contributed by atoms with Crippen molar-refractivity contribution in [2.45, 2.75) is 32.9 Å². The van der Waals surface area contributed by atoms with Crippen LogP contribution in [0.1, 0.15) is 25.0 Å². The molecule has 3 N–H and O–H groups in total. The fourth-order valence-corrected chi connectivity index (χ4v) is 2.77. The zero-order valence-corrected chi connectivity index (χ0v) is 16.8. The van der Waals surface area contributed by atoms with Gasteiger partial charge < -0.3 is 20.5 Å². The van der Waals surface area contributed by atoms with Gasteiger partial charge in [-0.05, 0) is 38.1 Å². The highest BCUT2D eigenvalue weighted by atomic mass is 127. The fraction of sp³-hybridized carbons (Fsp3) is 0.316. The van der Waals surface area contributed by atoms with E-state index in [0.717, 1.165) is 29.2 Å². The zero-order chi connectivity index (χ0) is 16.9. The van der Waals surface area contributed by atoms with E-state index >= 15 is 0 Å². The second-order valence-electron chi connectivity index (χ2n) is 5.83. The van der Waals surface area contributed by atoms with Crippen LogP contribution in [0.3, 0.4) is 0 Å². The molecule has 6 heteroatoms. The van der Waals surface area contributed by atoms with Gasteiger partial charge in [-0.1, -0.05) is 18.2 Å². The number of fused-ring (bicyclic) bond motifs is 1. The number of nitrogens with one attached hydrogen (secondary N) is 1. The third kappa shape index (κ3) is 5.01. The number of aliphatic imine (C=N–C) groups is 1. The Morgan fingerprint density at radius 3 is 2.80 bits per heavy atom. The average molecular weight is 453 g/mol. The Labute approximate surface area is 165 Å². The number of nitrogens with two attached hydrogens (primary N) is 1. The molecule has 134 valence electrons. The number of ether oxygens (including phenoxy) is 2. The average Bonchev–Trinajstić information content (AvgIpc) is 2.93. The molecule has 0 saturated heterocycles. The van der Waals surface area contributed by atoms with Crippen LogP contribution in [0, 0.1) is 0 Å². The highest BCUT2D eigenvalue weighted by Gasteiger charge is 2.21. The summed E-state index contributed by atoms with van der Waals surface area (Å²) < 4.78 is 11.6. The predicted octanol–water partition coefficient (Wildman–Crippen LogP) is 3.95. The van der Waals surface area contributed by atoms with E-state index in [1.807, 2.05) is 43.3 Å². The van der Waals surface area contributed by atoms with Crippen molar-refractivity contribution in [1.82, 2.24) is 0 Å². The van der Waals surface area contributed by atoms with Crippen molar-refractivity contribution >= 4 is 35.6 Å². The van der Waals surface area contributed by atoms with Gasteiger partial charge in [-0.2, -0.15) is 0 Å². The molecule has 0 fully saturated rings. The first-order valence-corrected chi connectivity index (χ1v) is 8.23. The molecule has 0 saturated carbocycles. The van der Waals surface area contributed by atoms with Crippen molar-refractivity contribution in [2.75, 3.05) is 11.9 Å². The molecule has 0 radical (unpaired) electrons. The van der Waals surface area contributed by atoms with Crippen molar-refractivity contribution < 1.29 is 9.47 Å². The molecular formula is C19H24IN3O2. The maximum absolute atomic E-state index is 5.98. The first-order valence-electron chi connectivity index (χ1n) is 8.23. The minimum absolute atomic E-state index is 0. The Morgan fingerprint density at radius 2 is 2.08 bits per heavy atom. The number of nitrogens with zero attached hydrogens (tertiary/aromatic N) is 1. The number of halogens is 1. The SMILES string of the molecule is CCOc1cc2c(cc1CN=C(N)Nc1ccccc1)OC(C)C2.I. The summed E-state index contributed by atoms with van der Waals surface area (Å²) in [7, 11) is 0. The van der Waals surface area contributed by atoms with E-state index in [0.29, 0.717) is 19.1 Å². The molecular weight excluding hydrogens is 429 g/mol. The van der Waals surface area contributed by atoms with E-state index in [-0.39, 0.29) is 30.1 Å². The lowest BCUT2D eigenvalue weighted by Crippen LogP contribution is -2.22. The number of hydrogen-bond acceptors (Lipinski definition) is 3. The summed E-state index contributed by atoms with van der Waals surface area (Å²) >= 11 is 0. The second-order valence-corrected chi connectivity index (χ2v) is 5.83. The zero-order valence-electron chi connectivity index (χ0n) is 14.5. The molecule has 1 aliphatic rings. The molecule has 1 atom stereocenters. The quantitative estimate of drug-likeness (QED) is 0.409. The Bertz CT molecular complexity index is 735. The van der Waals surface area contributed by atoms with Crippen LogP contribution >= 0.6 is 24.0 Å². The van der Waals surface area contributed by atoms with Gasteiger partial charge in [0.25, 0.3) is 0 Å². The smallest absolute Gasteiger partial charge is 0.193 e. The summed E-state index contributed by atoms with van der Waals surface area (Å²) in [6, 6.07) is 13.8. The minimum Gasteiger partial charge on any atom is -0.494 e. The van der Waals surface area contributed by atoms with Gasteiger partial charge >= 0.3 is 0 Å². The Hall–Kier alpha value is -1.96. The molecule has 2 aromatic carbocycles. The van der Waals surface area contributed by atoms with Crippen molar-refractivity contribution in [3.63, 3.8) is 0 Å². The monoisotopic (exact) mass is 453 g/mol. The van der Waals surface area contributed by atoms with E-state index in [1.54, 1.807) is 0 Å². The topological polar surface area (TPSA) is 68.9 Å². The van der Waals surface area contributed by atoms with Crippen LogP contribution in [0.5, 0.6) is 11.5 Å². The molecule has 25 heavy (non-hydrogen) atoms. The molecule has 0 bridgehead atoms. The number of anilines is 1. The lowest BCUT2D eigenvalue weighted by Gasteiger charge is -2.12. The Kier molecular flexibility index (Phi) is 6.92. The van der Waals surface area contributed by atoms with Crippen LogP contribution in [0.2, 0.25) is 0 Å². The molecule has 0 aromatic heterocycles. The molecule has 5 nitrogen and oxygen atoms in total. The lowest BCUT2D eigenvalue weighted by atomic mass is 10.1. The fourth-order valence-electron chi connectivity index (χ4n) is 2.77. The van der Waals surface area contributed by atoms with Gasteiger partial charge in [-0.15, -0.1) is 24.0 Å². The third-order valence-corrected chi connectivity index (χ3v) is 3.84. The molecule has 1 aliphatic heterocycles. The molecule has 1 heterocycles. The minimum atomic E-state index is 0. The van der Waals surface area contributed by atoms with Gasteiger partial charge in [0.05, 0.1) is 13.2 Å². The Morgan fingerprint density at radius 1 is 1.32 bits per heavy atom. The molecule has 0 spiro atoms. The van der Waals surface area contributed by atoms with Gasteiger partial charge in [-0.25, -0.2) is 4.99 Å². The van der Waals surface area contributed by atoms with E-state index < -0.39 is 0 Å². The maximum atomic E-state index is 5.98. The van der Waals surface area contributed by atoms with E-state index in [2.05, 4.69) is 23.3 Å². The van der Waals surface area contributed by atoms with Crippen molar-refractivity contribution in [3.8, 4) is 11.5 Å². The second kappa shape index (κ2) is 8.94. The van der Waals surface area contributed by atoms with Crippen LogP contribution in [0.25, 0.3) is 0 Å². The molecule has 1 unspecified atom stereocenters. The van der Waals surface area contributed by atoms with Crippen molar-refractivity contribution in [3.05, 3.63) is 53.6 Å². The summed E-state index contributed by atoms with van der Waals surface area (Å²) in [5, 5.41) is 3.08. The third-order valence-electron chi connectivity index (χ3n) is 3.84. The van der Waals surface area contributed by atoms with Crippen LogP contribution in [-0.2, 0) is 13.0 Å². The van der Waals surface area contributed by atoms with E-state index in [9.17, 15) is 0 Å². The van der Waals surface area contributed by atoms with Gasteiger partial charge in [-0.3, -0.25) is 0 Å². The van der Waals surface area contributed by atoms with Gasteiger partial charge in [0.15, 0.2) is 5.96 Å². The number of para-hydroxylation sites is 1. The highest BCUT2D eigenvalue weighted by Crippen LogP contribution is 2.35. The highest BCUT2D eigenvalue weighted by molar-refractivity contribution is 14.0. The first-order chi connectivity index (χ1) is 11.7. The van der Waals surface area contributed by atoms with Crippen LogP contribution in [-0.4, -0.2) is 18.7 Å². The number of rotatable bonds is 5. The van der Waals surface area contributed by atoms with Crippen molar-refractivity contribution in [1.29, 1.82) is 0 Å². The molecule has 0 aliphatic carbocycles. The number of hydrogen-bond donors (Lipinski definition) is 2. The number of benzene rings is 2. The maximum Gasteiger partial charge on any atom is 0.193 e. The normalized spacial score (nSPS) is 15.8. The first kappa shape index (κ1) is 19.4. The van der Waals surface area contributed by atoms with Gasteiger partial charge in [0.1, 0.15) is 17.6 Å². The standard InChI is InChI=1S/C19H23N3O2.HI/c1-3-23-17-10-14-9-13(2)24-18(14)11-15(17)12-21-19(20)22-16-7-5-4-6-8-16;/h4-8,10-11,13H,3,9,12H2,1-2H3,(H3,20,21,22);1H. The van der Waals surface area contributed by atoms with Gasteiger partial charge in [0, 0.05) is 23.2 Å². The largest absolute Gasteiger partial charge is 0.494 e. The summed E-state index contributed by atoms with van der Waals surface area (Å²) in [5.74, 6) is 2.15.